The van der Waals surface area contributed by atoms with Gasteiger partial charge in [0.05, 0.1) is 5.92 Å². The van der Waals surface area contributed by atoms with Crippen LogP contribution in [-0.4, -0.2) is 53.1 Å². The quantitative estimate of drug-likeness (QED) is 0.739. The van der Waals surface area contributed by atoms with Crippen LogP contribution in [0.1, 0.15) is 45.4 Å². The molecule has 6 heteroatoms. The first-order chi connectivity index (χ1) is 10.0. The van der Waals surface area contributed by atoms with Crippen LogP contribution in [0.5, 0.6) is 0 Å². The average Bonchev–Trinajstić information content (AvgIpc) is 2.69. The highest BCUT2D eigenvalue weighted by Crippen LogP contribution is 2.24. The second-order valence-electron chi connectivity index (χ2n) is 5.77. The highest BCUT2D eigenvalue weighted by Gasteiger charge is 2.31. The maximum atomic E-state index is 12.4. The fourth-order valence-corrected chi connectivity index (χ4v) is 3.74. The molecule has 1 fully saturated rings. The molecule has 2 amide bonds. The normalized spacial score (nSPS) is 24.0. The predicted octanol–water partition coefficient (Wildman–Crippen LogP) is 2.80. The summed E-state index contributed by atoms with van der Waals surface area (Å²) in [6, 6.07) is -0.199. The number of rotatable bonds is 6. The fourth-order valence-electron chi connectivity index (χ4n) is 2.90. The molecule has 2 N–H and O–H groups in total. The van der Waals surface area contributed by atoms with Crippen molar-refractivity contribution in [2.24, 2.45) is 5.92 Å². The van der Waals surface area contributed by atoms with Gasteiger partial charge < -0.3 is 15.3 Å². The van der Waals surface area contributed by atoms with Gasteiger partial charge in [-0.1, -0.05) is 26.2 Å². The zero-order valence-corrected chi connectivity index (χ0v) is 14.1. The van der Waals surface area contributed by atoms with E-state index in [-0.39, 0.29) is 18.1 Å². The van der Waals surface area contributed by atoms with Gasteiger partial charge in [-0.2, -0.15) is 11.8 Å². The number of carbonyl (C=O) groups excluding carboxylic acids is 1. The molecule has 0 aliphatic heterocycles. The Balaban J connectivity index is 2.67. The molecule has 3 unspecified atom stereocenters. The van der Waals surface area contributed by atoms with Crippen molar-refractivity contribution in [3.63, 3.8) is 0 Å². The average molecular weight is 316 g/mol. The first-order valence-corrected chi connectivity index (χ1v) is 9.15. The van der Waals surface area contributed by atoms with Crippen LogP contribution in [0, 0.1) is 5.92 Å². The Labute approximate surface area is 131 Å². The first kappa shape index (κ1) is 18.1. The molecule has 1 aliphatic carbocycles. The van der Waals surface area contributed by atoms with Crippen molar-refractivity contribution in [2.75, 3.05) is 19.1 Å². The Hall–Kier alpha value is -0.910. The molecule has 122 valence electrons. The van der Waals surface area contributed by atoms with Crippen LogP contribution in [0.25, 0.3) is 0 Å². The third-order valence-electron chi connectivity index (χ3n) is 4.34. The van der Waals surface area contributed by atoms with Crippen molar-refractivity contribution in [1.29, 1.82) is 0 Å². The lowest BCUT2D eigenvalue weighted by atomic mass is 9.95. The minimum absolute atomic E-state index is 0.144. The van der Waals surface area contributed by atoms with E-state index in [2.05, 4.69) is 12.2 Å². The van der Waals surface area contributed by atoms with Gasteiger partial charge in [0.25, 0.3) is 0 Å². The van der Waals surface area contributed by atoms with E-state index >= 15 is 0 Å². The van der Waals surface area contributed by atoms with Crippen molar-refractivity contribution in [3.8, 4) is 0 Å². The lowest BCUT2D eigenvalue weighted by Gasteiger charge is -2.30. The highest BCUT2D eigenvalue weighted by atomic mass is 32.2. The van der Waals surface area contributed by atoms with Gasteiger partial charge in [-0.15, -0.1) is 0 Å². The lowest BCUT2D eigenvalue weighted by molar-refractivity contribution is -0.142. The van der Waals surface area contributed by atoms with Crippen LogP contribution in [0.15, 0.2) is 0 Å². The molecule has 5 nitrogen and oxygen atoms in total. The first-order valence-electron chi connectivity index (χ1n) is 7.76. The maximum absolute atomic E-state index is 12.4. The standard InChI is InChI=1S/C15H28N2O3S/c1-4-11(10-21-3)17(2)15(20)16-13-9-7-5-6-8-12(13)14(18)19/h11-13H,4-10H2,1-3H3,(H,16,20)(H,18,19). The van der Waals surface area contributed by atoms with E-state index in [0.717, 1.165) is 37.9 Å². The zero-order chi connectivity index (χ0) is 15.8. The Morgan fingerprint density at radius 3 is 2.57 bits per heavy atom. The molecule has 0 aromatic rings. The van der Waals surface area contributed by atoms with Gasteiger partial charge in [-0.05, 0) is 25.5 Å². The molecule has 21 heavy (non-hydrogen) atoms. The Bertz CT molecular complexity index is 352. The second kappa shape index (κ2) is 9.18. The van der Waals surface area contributed by atoms with Crippen LogP contribution >= 0.6 is 11.8 Å². The zero-order valence-electron chi connectivity index (χ0n) is 13.3. The molecule has 0 aromatic heterocycles. The van der Waals surface area contributed by atoms with Crippen LogP contribution in [0.4, 0.5) is 4.79 Å². The van der Waals surface area contributed by atoms with Crippen LogP contribution in [0.2, 0.25) is 0 Å². The van der Waals surface area contributed by atoms with E-state index in [9.17, 15) is 14.7 Å². The molecular weight excluding hydrogens is 288 g/mol. The van der Waals surface area contributed by atoms with Gasteiger partial charge in [0.15, 0.2) is 0 Å². The lowest BCUT2D eigenvalue weighted by Crippen LogP contribution is -2.51. The molecule has 0 heterocycles. The van der Waals surface area contributed by atoms with Crippen molar-refractivity contribution < 1.29 is 14.7 Å². The largest absolute Gasteiger partial charge is 0.481 e. The molecule has 3 atom stereocenters. The number of nitrogens with one attached hydrogen (secondary N) is 1. The van der Waals surface area contributed by atoms with Crippen molar-refractivity contribution in [3.05, 3.63) is 0 Å². The summed E-state index contributed by atoms with van der Waals surface area (Å²) in [6.07, 6.45) is 7.32. The van der Waals surface area contributed by atoms with E-state index in [1.165, 1.54) is 0 Å². The van der Waals surface area contributed by atoms with Gasteiger partial charge in [0.2, 0.25) is 0 Å². The van der Waals surface area contributed by atoms with E-state index in [0.29, 0.717) is 6.42 Å². The summed E-state index contributed by atoms with van der Waals surface area (Å²) < 4.78 is 0. The van der Waals surface area contributed by atoms with Crippen LogP contribution < -0.4 is 5.32 Å². The number of urea groups is 1. The topological polar surface area (TPSA) is 69.6 Å². The number of hydrogen-bond donors (Lipinski definition) is 2. The van der Waals surface area contributed by atoms with Crippen molar-refractivity contribution in [2.45, 2.75) is 57.5 Å². The number of carbonyl (C=O) groups is 2. The van der Waals surface area contributed by atoms with Crippen molar-refractivity contribution in [1.82, 2.24) is 10.2 Å². The number of carboxylic acid groups (broad SMARTS) is 1. The SMILES string of the molecule is CCC(CSC)N(C)C(=O)NC1CCCCCC1C(=O)O. The molecule has 0 bridgehead atoms. The Kier molecular flexibility index (Phi) is 7.93. The molecule has 1 aliphatic rings. The van der Waals surface area contributed by atoms with Crippen molar-refractivity contribution >= 4 is 23.8 Å². The Morgan fingerprint density at radius 1 is 1.33 bits per heavy atom. The van der Waals surface area contributed by atoms with Gasteiger partial charge in [0.1, 0.15) is 0 Å². The minimum Gasteiger partial charge on any atom is -0.481 e. The number of nitrogens with zero attached hydrogens (tertiary/aromatic N) is 1. The molecule has 1 saturated carbocycles. The van der Waals surface area contributed by atoms with E-state index in [1.54, 1.807) is 23.7 Å². The monoisotopic (exact) mass is 316 g/mol. The maximum Gasteiger partial charge on any atom is 0.317 e. The number of aliphatic carboxylic acids is 1. The third-order valence-corrected chi connectivity index (χ3v) is 5.06. The summed E-state index contributed by atoms with van der Waals surface area (Å²) in [4.78, 5) is 25.5. The molecule has 0 spiro atoms. The number of carboxylic acids is 1. The number of thioether (sulfide) groups is 1. The van der Waals surface area contributed by atoms with Gasteiger partial charge in [0, 0.05) is 24.9 Å². The molecular formula is C15H28N2O3S. The summed E-state index contributed by atoms with van der Waals surface area (Å²) >= 11 is 1.72. The van der Waals surface area contributed by atoms with Crippen LogP contribution in [0.3, 0.4) is 0 Å². The molecule has 0 aromatic carbocycles. The van der Waals surface area contributed by atoms with Gasteiger partial charge >= 0.3 is 12.0 Å². The minimum atomic E-state index is -0.791. The van der Waals surface area contributed by atoms with Gasteiger partial charge in [-0.25, -0.2) is 4.79 Å². The predicted molar refractivity (Wildman–Crippen MR) is 86.8 cm³/mol. The van der Waals surface area contributed by atoms with Crippen LogP contribution in [-0.2, 0) is 4.79 Å². The summed E-state index contributed by atoms with van der Waals surface area (Å²) in [7, 11) is 1.80. The highest BCUT2D eigenvalue weighted by molar-refractivity contribution is 7.98. The summed E-state index contributed by atoms with van der Waals surface area (Å²) in [5, 5.41) is 12.3. The summed E-state index contributed by atoms with van der Waals surface area (Å²) in [6.45, 7) is 2.07. The molecule has 1 rings (SSSR count). The van der Waals surface area contributed by atoms with E-state index < -0.39 is 11.9 Å². The third kappa shape index (κ3) is 5.41. The fraction of sp³-hybridized carbons (Fsp3) is 0.867. The summed E-state index contributed by atoms with van der Waals surface area (Å²) in [5.41, 5.74) is 0. The number of hydrogen-bond acceptors (Lipinski definition) is 3. The second-order valence-corrected chi connectivity index (χ2v) is 6.68. The smallest absolute Gasteiger partial charge is 0.317 e. The molecule has 0 saturated heterocycles. The summed E-state index contributed by atoms with van der Waals surface area (Å²) in [5.74, 6) is -0.348. The Morgan fingerprint density at radius 2 is 2.00 bits per heavy atom. The van der Waals surface area contributed by atoms with Gasteiger partial charge in [-0.3, -0.25) is 4.79 Å². The number of amides is 2. The molecule has 0 radical (unpaired) electrons. The van der Waals surface area contributed by atoms with E-state index in [4.69, 9.17) is 0 Å². The van der Waals surface area contributed by atoms with E-state index in [1.807, 2.05) is 6.26 Å².